The Hall–Kier alpha value is -0.940. The molecule has 0 radical (unpaired) electrons. The molecular weight excluding hydrogens is 313 g/mol. The molecule has 1 aromatic rings. The molecule has 0 bridgehead atoms. The highest BCUT2D eigenvalue weighted by atomic mass is 32.2. The normalized spacial score (nSPS) is 18.0. The van der Waals surface area contributed by atoms with Gasteiger partial charge in [-0.25, -0.2) is 8.60 Å². The molecule has 5 heteroatoms. The number of rotatable bonds is 8. The summed E-state index contributed by atoms with van der Waals surface area (Å²) in [5.41, 5.74) is 1.02. The highest BCUT2D eigenvalue weighted by Crippen LogP contribution is 2.37. The van der Waals surface area contributed by atoms with E-state index in [0.29, 0.717) is 30.6 Å². The number of ether oxygens (including phenoxy) is 1. The predicted molar refractivity (Wildman–Crippen MR) is 93.2 cm³/mol. The number of halogens is 1. The molecule has 2 atom stereocenters. The van der Waals surface area contributed by atoms with Crippen LogP contribution in [0.2, 0.25) is 0 Å². The lowest BCUT2D eigenvalue weighted by atomic mass is 9.82. The van der Waals surface area contributed by atoms with Crippen LogP contribution in [0.3, 0.4) is 0 Å². The molecular formula is C18H28FNO2S. The topological polar surface area (TPSA) is 52.3 Å². The van der Waals surface area contributed by atoms with Crippen LogP contribution in [0, 0.1) is 17.7 Å². The standard InChI is InChI=1S/C18H28FNO2S/c1-12(2)15(10-18(3,4)23(20)21)14-7-8-16(19)17(9-14)22-11-13-5-6-13/h7-9,12-13,15H,5-6,10-11,20H2,1-4H3/t15-,23?/m1/s1. The molecule has 23 heavy (non-hydrogen) atoms. The average Bonchev–Trinajstić information content (AvgIpc) is 3.28. The zero-order chi connectivity index (χ0) is 17.2. The van der Waals surface area contributed by atoms with E-state index >= 15 is 0 Å². The molecule has 0 aromatic heterocycles. The SMILES string of the molecule is CC(C)[C@@H](CC(C)(C)S(N)=O)c1ccc(F)c(OCC2CC2)c1. The molecule has 2 rings (SSSR count). The first kappa shape index (κ1) is 18.4. The van der Waals surface area contributed by atoms with E-state index in [0.717, 1.165) is 5.56 Å². The largest absolute Gasteiger partial charge is 0.490 e. The lowest BCUT2D eigenvalue weighted by Crippen LogP contribution is -2.34. The Morgan fingerprint density at radius 2 is 2.04 bits per heavy atom. The van der Waals surface area contributed by atoms with Crippen molar-refractivity contribution in [3.8, 4) is 5.75 Å². The minimum Gasteiger partial charge on any atom is -0.490 e. The van der Waals surface area contributed by atoms with Crippen LogP contribution in [0.4, 0.5) is 4.39 Å². The number of hydrogen-bond acceptors (Lipinski definition) is 2. The maximum atomic E-state index is 14.0. The van der Waals surface area contributed by atoms with E-state index in [-0.39, 0.29) is 11.7 Å². The summed E-state index contributed by atoms with van der Waals surface area (Å²) in [7, 11) is -1.40. The summed E-state index contributed by atoms with van der Waals surface area (Å²) < 4.78 is 30.9. The summed E-state index contributed by atoms with van der Waals surface area (Å²) in [4.78, 5) is 0. The van der Waals surface area contributed by atoms with Gasteiger partial charge in [0.15, 0.2) is 11.6 Å². The lowest BCUT2D eigenvalue weighted by Gasteiger charge is -2.30. The van der Waals surface area contributed by atoms with Crippen molar-refractivity contribution in [2.45, 2.75) is 57.6 Å². The van der Waals surface area contributed by atoms with E-state index in [4.69, 9.17) is 9.88 Å². The zero-order valence-electron chi connectivity index (χ0n) is 14.5. The number of benzene rings is 1. The molecule has 1 saturated carbocycles. The summed E-state index contributed by atoms with van der Waals surface area (Å²) in [5.74, 6) is 1.07. The van der Waals surface area contributed by atoms with Gasteiger partial charge in [-0.05, 0) is 68.6 Å². The highest BCUT2D eigenvalue weighted by molar-refractivity contribution is 7.84. The second kappa shape index (κ2) is 7.31. The first-order valence-electron chi connectivity index (χ1n) is 8.29. The van der Waals surface area contributed by atoms with Crippen LogP contribution < -0.4 is 9.88 Å². The second-order valence-electron chi connectivity index (χ2n) is 7.56. The van der Waals surface area contributed by atoms with Gasteiger partial charge in [0.1, 0.15) is 0 Å². The van der Waals surface area contributed by atoms with Crippen molar-refractivity contribution in [2.75, 3.05) is 6.61 Å². The molecule has 130 valence electrons. The van der Waals surface area contributed by atoms with Crippen LogP contribution in [0.25, 0.3) is 0 Å². The van der Waals surface area contributed by atoms with Crippen molar-refractivity contribution >= 4 is 11.0 Å². The number of nitrogens with two attached hydrogens (primary N) is 1. The third-order valence-electron chi connectivity index (χ3n) is 4.62. The Balaban J connectivity index is 2.20. The molecule has 1 aromatic carbocycles. The van der Waals surface area contributed by atoms with Crippen LogP contribution in [0.1, 0.15) is 58.4 Å². The Kier molecular flexibility index (Phi) is 5.84. The van der Waals surface area contributed by atoms with E-state index in [1.54, 1.807) is 12.1 Å². The van der Waals surface area contributed by atoms with Gasteiger partial charge in [-0.3, -0.25) is 5.14 Å². The van der Waals surface area contributed by atoms with Gasteiger partial charge in [0.05, 0.1) is 22.3 Å². The first-order chi connectivity index (χ1) is 10.7. The maximum absolute atomic E-state index is 14.0. The summed E-state index contributed by atoms with van der Waals surface area (Å²) in [6.07, 6.45) is 3.03. The van der Waals surface area contributed by atoms with Crippen LogP contribution in [0.15, 0.2) is 18.2 Å². The van der Waals surface area contributed by atoms with E-state index < -0.39 is 15.7 Å². The van der Waals surface area contributed by atoms with Crippen molar-refractivity contribution in [1.29, 1.82) is 0 Å². The molecule has 3 nitrogen and oxygen atoms in total. The highest BCUT2D eigenvalue weighted by Gasteiger charge is 2.31. The Morgan fingerprint density at radius 3 is 2.57 bits per heavy atom. The Morgan fingerprint density at radius 1 is 1.39 bits per heavy atom. The second-order valence-corrected chi connectivity index (χ2v) is 9.26. The van der Waals surface area contributed by atoms with E-state index in [2.05, 4.69) is 13.8 Å². The fourth-order valence-corrected chi connectivity index (χ4v) is 3.05. The molecule has 1 aliphatic carbocycles. The third kappa shape index (κ3) is 5.01. The minimum absolute atomic E-state index is 0.154. The van der Waals surface area contributed by atoms with Gasteiger partial charge in [0.25, 0.3) is 0 Å². The van der Waals surface area contributed by atoms with Crippen LogP contribution in [-0.4, -0.2) is 15.6 Å². The van der Waals surface area contributed by atoms with Gasteiger partial charge in [0, 0.05) is 0 Å². The summed E-state index contributed by atoms with van der Waals surface area (Å²) in [6.45, 7) is 8.65. The maximum Gasteiger partial charge on any atom is 0.165 e. The van der Waals surface area contributed by atoms with E-state index in [1.165, 1.54) is 18.9 Å². The molecule has 0 amide bonds. The van der Waals surface area contributed by atoms with Gasteiger partial charge in [-0.1, -0.05) is 19.9 Å². The molecule has 0 spiro atoms. The fourth-order valence-electron chi connectivity index (χ4n) is 2.70. The molecule has 1 unspecified atom stereocenters. The number of hydrogen-bond donors (Lipinski definition) is 1. The molecule has 0 saturated heterocycles. The smallest absolute Gasteiger partial charge is 0.165 e. The lowest BCUT2D eigenvalue weighted by molar-refractivity contribution is 0.284. The van der Waals surface area contributed by atoms with Gasteiger partial charge >= 0.3 is 0 Å². The van der Waals surface area contributed by atoms with Crippen molar-refractivity contribution in [3.05, 3.63) is 29.6 Å². The van der Waals surface area contributed by atoms with Crippen molar-refractivity contribution in [3.63, 3.8) is 0 Å². The summed E-state index contributed by atoms with van der Waals surface area (Å²) in [5, 5.41) is 5.63. The first-order valence-corrected chi connectivity index (χ1v) is 9.50. The van der Waals surface area contributed by atoms with Gasteiger partial charge in [-0.15, -0.1) is 0 Å². The van der Waals surface area contributed by atoms with E-state index in [1.807, 2.05) is 13.8 Å². The van der Waals surface area contributed by atoms with Crippen molar-refractivity contribution in [1.82, 2.24) is 0 Å². The van der Waals surface area contributed by atoms with Crippen LogP contribution in [0.5, 0.6) is 5.75 Å². The van der Waals surface area contributed by atoms with Crippen LogP contribution >= 0.6 is 0 Å². The fraction of sp³-hybridized carbons (Fsp3) is 0.667. The van der Waals surface area contributed by atoms with Crippen molar-refractivity contribution in [2.24, 2.45) is 17.0 Å². The molecule has 0 aliphatic heterocycles. The van der Waals surface area contributed by atoms with Gasteiger partial charge in [0.2, 0.25) is 0 Å². The molecule has 1 fully saturated rings. The molecule has 1 aliphatic rings. The van der Waals surface area contributed by atoms with E-state index in [9.17, 15) is 8.60 Å². The monoisotopic (exact) mass is 341 g/mol. The van der Waals surface area contributed by atoms with Crippen LogP contribution in [-0.2, 0) is 11.0 Å². The minimum atomic E-state index is -1.40. The molecule has 0 heterocycles. The van der Waals surface area contributed by atoms with Gasteiger partial charge < -0.3 is 4.74 Å². The third-order valence-corrected chi connectivity index (χ3v) is 5.87. The Labute approximate surface area is 141 Å². The zero-order valence-corrected chi connectivity index (χ0v) is 15.3. The summed E-state index contributed by atoms with van der Waals surface area (Å²) in [6, 6.07) is 5.08. The predicted octanol–water partition coefficient (Wildman–Crippen LogP) is 4.15. The quantitative estimate of drug-likeness (QED) is 0.772. The average molecular weight is 341 g/mol. The summed E-state index contributed by atoms with van der Waals surface area (Å²) >= 11 is 0. The molecule has 2 N–H and O–H groups in total. The van der Waals surface area contributed by atoms with Crippen molar-refractivity contribution < 1.29 is 13.3 Å². The van der Waals surface area contributed by atoms with Gasteiger partial charge in [-0.2, -0.15) is 0 Å². The Bertz CT molecular complexity index is 570.